The van der Waals surface area contributed by atoms with Gasteiger partial charge in [0.25, 0.3) is 0 Å². The lowest BCUT2D eigenvalue weighted by atomic mass is 10.5. The molecule has 0 aromatic heterocycles. The highest BCUT2D eigenvalue weighted by molar-refractivity contribution is 6.78. The molecule has 4 nitrogen and oxygen atoms in total. The third-order valence-electron chi connectivity index (χ3n) is 3.87. The quantitative estimate of drug-likeness (QED) is 0.288. The normalized spacial score (nSPS) is 13.3. The summed E-state index contributed by atoms with van der Waals surface area (Å²) in [6.07, 6.45) is 8.15. The summed E-state index contributed by atoms with van der Waals surface area (Å²) in [5.41, 5.74) is 4.37. The lowest BCUT2D eigenvalue weighted by molar-refractivity contribution is 0.167. The Hall–Kier alpha value is -0.246. The second kappa shape index (κ2) is 15.8. The van der Waals surface area contributed by atoms with Crippen molar-refractivity contribution < 1.29 is 17.7 Å². The molecule has 0 bridgehead atoms. The fourth-order valence-corrected chi connectivity index (χ4v) is 10.2. The van der Waals surface area contributed by atoms with Crippen molar-refractivity contribution in [3.63, 3.8) is 0 Å². The Morgan fingerprint density at radius 2 is 0.808 bits per heavy atom. The van der Waals surface area contributed by atoms with E-state index >= 15 is 0 Å². The molecule has 0 aromatic carbocycles. The monoisotopic (exact) mass is 402 g/mol. The average molecular weight is 403 g/mol. The van der Waals surface area contributed by atoms with E-state index in [4.69, 9.17) is 17.7 Å². The van der Waals surface area contributed by atoms with E-state index in [1.54, 1.807) is 0 Å². The summed E-state index contributed by atoms with van der Waals surface area (Å²) in [4.78, 5) is 0. The first-order valence-corrected chi connectivity index (χ1v) is 14.6. The molecule has 0 heterocycles. The van der Waals surface area contributed by atoms with Gasteiger partial charge in [-0.1, -0.05) is 39.8 Å². The molecule has 154 valence electrons. The maximum atomic E-state index is 6.32. The van der Waals surface area contributed by atoms with E-state index in [1.165, 1.54) is 0 Å². The van der Waals surface area contributed by atoms with E-state index in [9.17, 15) is 0 Å². The topological polar surface area (TPSA) is 36.9 Å². The smallest absolute Gasteiger partial charge is 0.364 e. The second-order valence-corrected chi connectivity index (χ2v) is 12.6. The highest BCUT2D eigenvalue weighted by atomic mass is 28.4. The summed E-state index contributed by atoms with van der Waals surface area (Å²) in [6, 6.07) is 1.75. The van der Waals surface area contributed by atoms with Crippen LogP contribution in [-0.2, 0) is 17.7 Å². The number of allylic oxidation sites excluding steroid dienone is 2. The molecule has 0 aliphatic rings. The predicted molar refractivity (Wildman–Crippen MR) is 116 cm³/mol. The standard InChI is InChI=1S/C20H42O4Si2/c1-7-13-21-25(17-11-5,22-14-8-2)19-20-26(18-12-6,23-15-9-3)24-16-10-4/h11-12,17-18H,7-10,13-16,19-20H2,1-6H3. The molecule has 26 heavy (non-hydrogen) atoms. The molecule has 0 aromatic rings. The van der Waals surface area contributed by atoms with Gasteiger partial charge in [0.2, 0.25) is 0 Å². The van der Waals surface area contributed by atoms with Crippen LogP contribution < -0.4 is 0 Å². The van der Waals surface area contributed by atoms with Crippen LogP contribution >= 0.6 is 0 Å². The van der Waals surface area contributed by atoms with E-state index in [0.29, 0.717) is 0 Å². The maximum absolute atomic E-state index is 6.32. The Labute approximate surface area is 164 Å². The molecule has 0 unspecified atom stereocenters. The Morgan fingerprint density at radius 3 is 1.00 bits per heavy atom. The molecular formula is C20H42O4Si2. The first-order chi connectivity index (χ1) is 12.6. The van der Waals surface area contributed by atoms with Crippen LogP contribution in [0.25, 0.3) is 0 Å². The van der Waals surface area contributed by atoms with Crippen molar-refractivity contribution >= 4 is 17.1 Å². The van der Waals surface area contributed by atoms with Gasteiger partial charge in [-0.05, 0) is 63.0 Å². The summed E-state index contributed by atoms with van der Waals surface area (Å²) < 4.78 is 25.3. The molecule has 0 amide bonds. The van der Waals surface area contributed by atoms with E-state index in [0.717, 1.165) is 64.2 Å². The fourth-order valence-electron chi connectivity index (χ4n) is 2.69. The molecule has 0 radical (unpaired) electrons. The van der Waals surface area contributed by atoms with Crippen LogP contribution in [0.4, 0.5) is 0 Å². The molecule has 0 spiro atoms. The molecule has 0 aliphatic heterocycles. The van der Waals surface area contributed by atoms with Gasteiger partial charge in [-0.3, -0.25) is 0 Å². The minimum absolute atomic E-state index is 0.740. The molecule has 0 atom stereocenters. The van der Waals surface area contributed by atoms with Gasteiger partial charge in [-0.15, -0.1) is 0 Å². The molecule has 0 rings (SSSR count). The average Bonchev–Trinajstić information content (AvgIpc) is 2.66. The van der Waals surface area contributed by atoms with Gasteiger partial charge in [-0.25, -0.2) is 0 Å². The molecule has 0 saturated heterocycles. The third kappa shape index (κ3) is 10.2. The number of rotatable bonds is 17. The van der Waals surface area contributed by atoms with Gasteiger partial charge in [-0.2, -0.15) is 0 Å². The van der Waals surface area contributed by atoms with Crippen LogP contribution in [0.3, 0.4) is 0 Å². The maximum Gasteiger partial charge on any atom is 0.364 e. The van der Waals surface area contributed by atoms with Gasteiger partial charge in [0, 0.05) is 26.4 Å². The fraction of sp³-hybridized carbons (Fsp3) is 0.800. The second-order valence-electron chi connectivity index (χ2n) is 6.52. The molecule has 0 N–H and O–H groups in total. The summed E-state index contributed by atoms with van der Waals surface area (Å²) in [6.45, 7) is 15.6. The van der Waals surface area contributed by atoms with Crippen LogP contribution in [0, 0.1) is 0 Å². The van der Waals surface area contributed by atoms with Gasteiger partial charge < -0.3 is 17.7 Å². The Balaban J connectivity index is 5.41. The van der Waals surface area contributed by atoms with Crippen molar-refractivity contribution in [3.05, 3.63) is 23.6 Å². The first-order valence-electron chi connectivity index (χ1n) is 10.4. The molecule has 6 heteroatoms. The molecular weight excluding hydrogens is 360 g/mol. The van der Waals surface area contributed by atoms with Crippen molar-refractivity contribution in [2.75, 3.05) is 26.4 Å². The molecule has 0 aliphatic carbocycles. The van der Waals surface area contributed by atoms with Crippen molar-refractivity contribution in [2.24, 2.45) is 0 Å². The van der Waals surface area contributed by atoms with Gasteiger partial charge in [0.1, 0.15) is 0 Å². The predicted octanol–water partition coefficient (Wildman–Crippen LogP) is 5.81. The minimum Gasteiger partial charge on any atom is -0.391 e. The van der Waals surface area contributed by atoms with E-state index in [-0.39, 0.29) is 0 Å². The highest BCUT2D eigenvalue weighted by Gasteiger charge is 2.42. The summed E-state index contributed by atoms with van der Waals surface area (Å²) in [5.74, 6) is 0. The number of hydrogen-bond donors (Lipinski definition) is 0. The van der Waals surface area contributed by atoms with Crippen molar-refractivity contribution in [1.29, 1.82) is 0 Å². The lowest BCUT2D eigenvalue weighted by Gasteiger charge is -2.33. The van der Waals surface area contributed by atoms with Crippen LogP contribution in [0.5, 0.6) is 0 Å². The van der Waals surface area contributed by atoms with Crippen molar-refractivity contribution in [3.8, 4) is 0 Å². The van der Waals surface area contributed by atoms with Crippen molar-refractivity contribution in [1.82, 2.24) is 0 Å². The third-order valence-corrected chi connectivity index (χ3v) is 10.7. The highest BCUT2D eigenvalue weighted by Crippen LogP contribution is 2.27. The zero-order chi connectivity index (χ0) is 19.7. The van der Waals surface area contributed by atoms with Crippen LogP contribution in [0.1, 0.15) is 67.2 Å². The SMILES string of the molecule is CC=C[Si](CC[Si](C=CC)(OCCC)OCCC)(OCCC)OCCC. The Morgan fingerprint density at radius 1 is 0.538 bits per heavy atom. The van der Waals surface area contributed by atoms with E-state index in [2.05, 4.69) is 51.2 Å². The van der Waals surface area contributed by atoms with Gasteiger partial charge >= 0.3 is 17.1 Å². The van der Waals surface area contributed by atoms with Crippen LogP contribution in [0.2, 0.25) is 12.1 Å². The van der Waals surface area contributed by atoms with Crippen molar-refractivity contribution in [2.45, 2.75) is 79.3 Å². The molecule has 0 saturated carbocycles. The zero-order valence-electron chi connectivity index (χ0n) is 18.0. The lowest BCUT2D eigenvalue weighted by Crippen LogP contribution is -2.47. The summed E-state index contributed by atoms with van der Waals surface area (Å²) >= 11 is 0. The summed E-state index contributed by atoms with van der Waals surface area (Å²) in [7, 11) is -4.79. The van der Waals surface area contributed by atoms with E-state index in [1.807, 2.05) is 13.8 Å². The molecule has 0 fully saturated rings. The first kappa shape index (κ1) is 25.8. The van der Waals surface area contributed by atoms with Gasteiger partial charge in [0.15, 0.2) is 0 Å². The Kier molecular flexibility index (Phi) is 15.6. The number of hydrogen-bond acceptors (Lipinski definition) is 4. The minimum atomic E-state index is -2.39. The zero-order valence-corrected chi connectivity index (χ0v) is 20.0. The van der Waals surface area contributed by atoms with E-state index < -0.39 is 17.1 Å². The van der Waals surface area contributed by atoms with Crippen LogP contribution in [-0.4, -0.2) is 43.5 Å². The van der Waals surface area contributed by atoms with Crippen LogP contribution in [0.15, 0.2) is 23.6 Å². The largest absolute Gasteiger partial charge is 0.391 e. The van der Waals surface area contributed by atoms with Gasteiger partial charge in [0.05, 0.1) is 0 Å². The summed E-state index contributed by atoms with van der Waals surface area (Å²) in [5, 5.41) is 0. The Bertz CT molecular complexity index is 334.